The Hall–Kier alpha value is -2.89. The molecule has 0 saturated heterocycles. The van der Waals surface area contributed by atoms with Crippen LogP contribution in [-0.4, -0.2) is 31.0 Å². The molecule has 92 valence electrons. The first kappa shape index (κ1) is 11.2. The SMILES string of the molecule is O=Cc1cc(-c2ccncc2)n(-c2cnccn2)n1. The number of hydrogen-bond acceptors (Lipinski definition) is 5. The highest BCUT2D eigenvalue weighted by molar-refractivity contribution is 5.76. The summed E-state index contributed by atoms with van der Waals surface area (Å²) in [7, 11) is 0. The Morgan fingerprint density at radius 1 is 1.05 bits per heavy atom. The summed E-state index contributed by atoms with van der Waals surface area (Å²) in [5, 5.41) is 4.20. The van der Waals surface area contributed by atoms with Gasteiger partial charge < -0.3 is 0 Å². The van der Waals surface area contributed by atoms with Gasteiger partial charge in [-0.15, -0.1) is 0 Å². The second kappa shape index (κ2) is 4.77. The summed E-state index contributed by atoms with van der Waals surface area (Å²) in [6, 6.07) is 5.40. The number of rotatable bonds is 3. The lowest BCUT2D eigenvalue weighted by Gasteiger charge is -2.05. The van der Waals surface area contributed by atoms with Crippen LogP contribution in [0.1, 0.15) is 10.5 Å². The summed E-state index contributed by atoms with van der Waals surface area (Å²) in [5.41, 5.74) is 2.02. The first-order valence-corrected chi connectivity index (χ1v) is 5.60. The van der Waals surface area contributed by atoms with E-state index in [-0.39, 0.29) is 0 Å². The maximum Gasteiger partial charge on any atom is 0.172 e. The molecule has 0 bridgehead atoms. The van der Waals surface area contributed by atoms with Crippen molar-refractivity contribution in [2.24, 2.45) is 0 Å². The van der Waals surface area contributed by atoms with Gasteiger partial charge in [-0.2, -0.15) is 5.10 Å². The zero-order chi connectivity index (χ0) is 13.1. The summed E-state index contributed by atoms with van der Waals surface area (Å²) in [6.07, 6.45) is 8.82. The van der Waals surface area contributed by atoms with Crippen molar-refractivity contribution in [1.82, 2.24) is 24.7 Å². The monoisotopic (exact) mass is 251 g/mol. The lowest BCUT2D eigenvalue weighted by molar-refractivity contribution is 0.111. The molecule has 0 unspecified atom stereocenters. The topological polar surface area (TPSA) is 73.6 Å². The summed E-state index contributed by atoms with van der Waals surface area (Å²) < 4.78 is 1.59. The molecule has 6 heteroatoms. The van der Waals surface area contributed by atoms with Gasteiger partial charge in [0.25, 0.3) is 0 Å². The van der Waals surface area contributed by atoms with Crippen LogP contribution in [0.4, 0.5) is 0 Å². The average molecular weight is 251 g/mol. The molecular weight excluding hydrogens is 242 g/mol. The van der Waals surface area contributed by atoms with E-state index in [1.165, 1.54) is 0 Å². The molecule has 3 rings (SSSR count). The molecule has 0 aliphatic rings. The van der Waals surface area contributed by atoms with Crippen LogP contribution in [0, 0.1) is 0 Å². The number of aromatic nitrogens is 5. The lowest BCUT2D eigenvalue weighted by atomic mass is 10.2. The minimum Gasteiger partial charge on any atom is -0.296 e. The van der Waals surface area contributed by atoms with E-state index in [1.807, 2.05) is 12.1 Å². The number of carbonyl (C=O) groups is 1. The van der Waals surface area contributed by atoms with Gasteiger partial charge in [0, 0.05) is 30.4 Å². The summed E-state index contributed by atoms with van der Waals surface area (Å²) in [6.45, 7) is 0. The van der Waals surface area contributed by atoms with Gasteiger partial charge in [-0.05, 0) is 18.2 Å². The number of carbonyl (C=O) groups excluding carboxylic acids is 1. The zero-order valence-electron chi connectivity index (χ0n) is 9.84. The van der Waals surface area contributed by atoms with E-state index in [2.05, 4.69) is 20.1 Å². The van der Waals surface area contributed by atoms with Gasteiger partial charge in [0.05, 0.1) is 11.9 Å². The van der Waals surface area contributed by atoms with Crippen molar-refractivity contribution in [3.8, 4) is 17.1 Å². The van der Waals surface area contributed by atoms with E-state index >= 15 is 0 Å². The summed E-state index contributed by atoms with van der Waals surface area (Å²) in [5.74, 6) is 0.558. The Kier molecular flexibility index (Phi) is 2.82. The van der Waals surface area contributed by atoms with Crippen LogP contribution in [0.2, 0.25) is 0 Å². The second-order valence-corrected chi connectivity index (χ2v) is 3.78. The van der Waals surface area contributed by atoms with Gasteiger partial charge in [-0.25, -0.2) is 9.67 Å². The van der Waals surface area contributed by atoms with E-state index in [0.29, 0.717) is 17.8 Å². The molecule has 3 aromatic heterocycles. The Morgan fingerprint density at radius 3 is 2.58 bits per heavy atom. The first-order chi connectivity index (χ1) is 9.38. The molecule has 0 atom stereocenters. The fourth-order valence-electron chi connectivity index (χ4n) is 1.76. The van der Waals surface area contributed by atoms with E-state index in [4.69, 9.17) is 0 Å². The molecule has 0 amide bonds. The van der Waals surface area contributed by atoms with Gasteiger partial charge in [0.15, 0.2) is 12.1 Å². The third-order valence-electron chi connectivity index (χ3n) is 2.59. The standard InChI is InChI=1S/C13H9N5O/c19-9-11-7-12(10-1-3-14-4-2-10)18(17-11)13-8-15-5-6-16-13/h1-9H. The Balaban J connectivity index is 2.19. The summed E-state index contributed by atoms with van der Waals surface area (Å²) >= 11 is 0. The number of nitrogens with zero attached hydrogens (tertiary/aromatic N) is 5. The maximum atomic E-state index is 10.9. The Morgan fingerprint density at radius 2 is 1.89 bits per heavy atom. The fourth-order valence-corrected chi connectivity index (χ4v) is 1.76. The Bertz CT molecular complexity index is 637. The third kappa shape index (κ3) is 2.11. The van der Waals surface area contributed by atoms with Crippen LogP contribution in [0.5, 0.6) is 0 Å². The van der Waals surface area contributed by atoms with Crippen molar-refractivity contribution >= 4 is 6.29 Å². The van der Waals surface area contributed by atoms with Crippen LogP contribution < -0.4 is 0 Å². The first-order valence-electron chi connectivity index (χ1n) is 5.60. The number of pyridine rings is 1. The molecule has 19 heavy (non-hydrogen) atoms. The normalized spacial score (nSPS) is 10.3. The van der Waals surface area contributed by atoms with E-state index in [9.17, 15) is 4.79 Å². The van der Waals surface area contributed by atoms with Crippen molar-refractivity contribution in [3.05, 3.63) is 54.9 Å². The van der Waals surface area contributed by atoms with Gasteiger partial charge in [-0.1, -0.05) is 0 Å². The predicted molar refractivity (Wildman–Crippen MR) is 67.8 cm³/mol. The number of aldehydes is 1. The number of hydrogen-bond donors (Lipinski definition) is 0. The molecule has 0 saturated carbocycles. The van der Waals surface area contributed by atoms with Crippen LogP contribution in [0.15, 0.2) is 49.2 Å². The van der Waals surface area contributed by atoms with Gasteiger partial charge in [-0.3, -0.25) is 14.8 Å². The van der Waals surface area contributed by atoms with E-state index in [0.717, 1.165) is 11.3 Å². The molecule has 3 heterocycles. The molecule has 3 aromatic rings. The quantitative estimate of drug-likeness (QED) is 0.660. The van der Waals surface area contributed by atoms with Crippen molar-refractivity contribution in [1.29, 1.82) is 0 Å². The van der Waals surface area contributed by atoms with Crippen molar-refractivity contribution in [3.63, 3.8) is 0 Å². The highest BCUT2D eigenvalue weighted by atomic mass is 16.1. The fraction of sp³-hybridized carbons (Fsp3) is 0. The van der Waals surface area contributed by atoms with Gasteiger partial charge >= 0.3 is 0 Å². The lowest BCUT2D eigenvalue weighted by Crippen LogP contribution is -2.02. The molecular formula is C13H9N5O. The van der Waals surface area contributed by atoms with E-state index < -0.39 is 0 Å². The maximum absolute atomic E-state index is 10.9. The van der Waals surface area contributed by atoms with Crippen molar-refractivity contribution < 1.29 is 4.79 Å². The minimum absolute atomic E-state index is 0.345. The minimum atomic E-state index is 0.345. The third-order valence-corrected chi connectivity index (χ3v) is 2.59. The van der Waals surface area contributed by atoms with Crippen LogP contribution in [0.3, 0.4) is 0 Å². The molecule has 0 aliphatic carbocycles. The highest BCUT2D eigenvalue weighted by Crippen LogP contribution is 2.21. The van der Waals surface area contributed by atoms with E-state index in [1.54, 1.807) is 41.7 Å². The second-order valence-electron chi connectivity index (χ2n) is 3.78. The largest absolute Gasteiger partial charge is 0.296 e. The highest BCUT2D eigenvalue weighted by Gasteiger charge is 2.11. The molecule has 0 radical (unpaired) electrons. The van der Waals surface area contributed by atoms with Crippen LogP contribution >= 0.6 is 0 Å². The zero-order valence-corrected chi connectivity index (χ0v) is 9.84. The van der Waals surface area contributed by atoms with Crippen LogP contribution in [-0.2, 0) is 0 Å². The molecule has 0 fully saturated rings. The van der Waals surface area contributed by atoms with Crippen LogP contribution in [0.25, 0.3) is 17.1 Å². The molecule has 0 aliphatic heterocycles. The van der Waals surface area contributed by atoms with Crippen molar-refractivity contribution in [2.75, 3.05) is 0 Å². The molecule has 0 aromatic carbocycles. The molecule has 0 spiro atoms. The van der Waals surface area contributed by atoms with Gasteiger partial charge in [0.1, 0.15) is 5.69 Å². The predicted octanol–water partition coefficient (Wildman–Crippen LogP) is 1.54. The summed E-state index contributed by atoms with van der Waals surface area (Å²) in [4.78, 5) is 23.1. The smallest absolute Gasteiger partial charge is 0.172 e. The average Bonchev–Trinajstić information content (AvgIpc) is 2.93. The van der Waals surface area contributed by atoms with Crippen molar-refractivity contribution in [2.45, 2.75) is 0 Å². The Labute approximate surface area is 108 Å². The van der Waals surface area contributed by atoms with Gasteiger partial charge in [0.2, 0.25) is 0 Å². The molecule has 0 N–H and O–H groups in total. The molecule has 6 nitrogen and oxygen atoms in total.